The number of benzene rings is 1. The third-order valence-corrected chi connectivity index (χ3v) is 7.79. The van der Waals surface area contributed by atoms with Gasteiger partial charge >= 0.3 is 0 Å². The molecule has 1 N–H and O–H groups in total. The van der Waals surface area contributed by atoms with Crippen molar-refractivity contribution >= 4 is 32.8 Å². The van der Waals surface area contributed by atoms with Crippen LogP contribution in [-0.4, -0.2) is 51.1 Å². The minimum atomic E-state index is -3.56. The number of carbonyl (C=O) groups excluding carboxylic acids is 1. The molecule has 0 aliphatic carbocycles. The van der Waals surface area contributed by atoms with Gasteiger partial charge in [0.25, 0.3) is 0 Å². The number of fused-ring (bicyclic) bond motifs is 1. The molecule has 0 bridgehead atoms. The van der Waals surface area contributed by atoms with Crippen molar-refractivity contribution in [3.05, 3.63) is 36.3 Å². The summed E-state index contributed by atoms with van der Waals surface area (Å²) in [6.07, 6.45) is 4.46. The number of hydrogen-bond acceptors (Lipinski definition) is 5. The predicted octanol–water partition coefficient (Wildman–Crippen LogP) is 3.65. The fraction of sp³-hybridized carbons (Fsp3) is 0.522. The first-order chi connectivity index (χ1) is 15.8. The summed E-state index contributed by atoms with van der Waals surface area (Å²) in [6.45, 7) is 10.1. The molecule has 0 fully saturated rings. The molecule has 3 aromatic rings. The molecule has 0 atom stereocenters. The Morgan fingerprint density at radius 2 is 1.88 bits per heavy atom. The summed E-state index contributed by atoms with van der Waals surface area (Å²) in [5.74, 6) is 1.36. The Labute approximate surface area is 195 Å². The van der Waals surface area contributed by atoms with E-state index in [0.717, 1.165) is 30.7 Å². The van der Waals surface area contributed by atoms with E-state index in [2.05, 4.69) is 22.3 Å². The zero-order chi connectivity index (χ0) is 24.0. The van der Waals surface area contributed by atoms with Crippen molar-refractivity contribution in [3.63, 3.8) is 0 Å². The third kappa shape index (κ3) is 5.44. The number of amides is 1. The van der Waals surface area contributed by atoms with E-state index in [4.69, 9.17) is 0 Å². The molecule has 0 spiro atoms. The Bertz CT molecular complexity index is 1190. The number of unbranched alkanes of at least 4 members (excludes halogenated alkanes) is 1. The average Bonchev–Trinajstić information content (AvgIpc) is 3.39. The zero-order valence-electron chi connectivity index (χ0n) is 19.9. The van der Waals surface area contributed by atoms with Crippen molar-refractivity contribution in [2.24, 2.45) is 0 Å². The van der Waals surface area contributed by atoms with E-state index in [1.54, 1.807) is 35.1 Å². The molecule has 1 amide bonds. The summed E-state index contributed by atoms with van der Waals surface area (Å²) in [4.78, 5) is 17.5. The van der Waals surface area contributed by atoms with Gasteiger partial charge in [0.05, 0.1) is 22.1 Å². The highest BCUT2D eigenvalue weighted by atomic mass is 32.2. The molecule has 0 unspecified atom stereocenters. The van der Waals surface area contributed by atoms with Crippen LogP contribution in [0.5, 0.6) is 0 Å². The second-order valence-electron chi connectivity index (χ2n) is 7.85. The van der Waals surface area contributed by atoms with E-state index >= 15 is 0 Å². The van der Waals surface area contributed by atoms with Gasteiger partial charge in [0, 0.05) is 45.1 Å². The van der Waals surface area contributed by atoms with E-state index < -0.39 is 10.0 Å². The van der Waals surface area contributed by atoms with E-state index in [1.165, 1.54) is 4.31 Å². The lowest BCUT2D eigenvalue weighted by Gasteiger charge is -2.18. The number of imidazole rings is 1. The molecular weight excluding hydrogens is 440 g/mol. The molecule has 1 aromatic carbocycles. The number of sulfonamides is 1. The van der Waals surface area contributed by atoms with E-state index in [9.17, 15) is 13.2 Å². The van der Waals surface area contributed by atoms with Gasteiger partial charge in [-0.15, -0.1) is 0 Å². The molecule has 2 aromatic heterocycles. The van der Waals surface area contributed by atoms with Crippen LogP contribution in [0.1, 0.15) is 52.8 Å². The summed E-state index contributed by atoms with van der Waals surface area (Å²) >= 11 is 0. The minimum Gasteiger partial charge on any atom is -0.328 e. The summed E-state index contributed by atoms with van der Waals surface area (Å²) in [5.41, 5.74) is 1.49. The first kappa shape index (κ1) is 24.9. The number of hydrogen-bond donors (Lipinski definition) is 1. The second-order valence-corrected chi connectivity index (χ2v) is 9.79. The molecule has 0 aliphatic rings. The second kappa shape index (κ2) is 10.9. The van der Waals surface area contributed by atoms with Gasteiger partial charge in [0.15, 0.2) is 0 Å². The molecule has 0 saturated carbocycles. The summed E-state index contributed by atoms with van der Waals surface area (Å²) < 4.78 is 31.0. The van der Waals surface area contributed by atoms with Gasteiger partial charge in [-0.2, -0.15) is 9.40 Å². The summed E-state index contributed by atoms with van der Waals surface area (Å²) in [5, 5.41) is 7.20. The highest BCUT2D eigenvalue weighted by Crippen LogP contribution is 2.23. The van der Waals surface area contributed by atoms with Crippen LogP contribution in [0, 0.1) is 0 Å². The molecule has 33 heavy (non-hydrogen) atoms. The first-order valence-electron chi connectivity index (χ1n) is 11.7. The van der Waals surface area contributed by atoms with Crippen molar-refractivity contribution in [1.29, 1.82) is 0 Å². The number of nitrogens with one attached hydrogen (secondary N) is 1. The van der Waals surface area contributed by atoms with E-state index in [-0.39, 0.29) is 17.2 Å². The maximum absolute atomic E-state index is 12.9. The van der Waals surface area contributed by atoms with Crippen molar-refractivity contribution in [2.45, 2.75) is 71.4 Å². The van der Waals surface area contributed by atoms with Gasteiger partial charge < -0.3 is 9.88 Å². The SMILES string of the molecule is CCCCn1nccc1NC(=O)CCc1nc2cc(S(=O)(=O)N(CC)CC)ccc2n1CC. The quantitative estimate of drug-likeness (QED) is 0.432. The average molecular weight is 475 g/mol. The number of rotatable bonds is 12. The first-order valence-corrected chi connectivity index (χ1v) is 13.1. The van der Waals surface area contributed by atoms with Gasteiger partial charge in [0.2, 0.25) is 15.9 Å². The van der Waals surface area contributed by atoms with Crippen molar-refractivity contribution < 1.29 is 13.2 Å². The van der Waals surface area contributed by atoms with Crippen LogP contribution in [0.15, 0.2) is 35.4 Å². The molecule has 180 valence electrons. The van der Waals surface area contributed by atoms with Gasteiger partial charge in [-0.05, 0) is 31.5 Å². The predicted molar refractivity (Wildman–Crippen MR) is 130 cm³/mol. The third-order valence-electron chi connectivity index (χ3n) is 5.74. The van der Waals surface area contributed by atoms with Crippen LogP contribution in [0.3, 0.4) is 0 Å². The molecular formula is C23H34N6O3S. The molecule has 0 saturated heterocycles. The van der Waals surface area contributed by atoms with Gasteiger partial charge in [-0.1, -0.05) is 27.2 Å². The monoisotopic (exact) mass is 474 g/mol. The van der Waals surface area contributed by atoms with Crippen molar-refractivity contribution in [1.82, 2.24) is 23.6 Å². The topological polar surface area (TPSA) is 102 Å². The van der Waals surface area contributed by atoms with Crippen LogP contribution in [-0.2, 0) is 34.3 Å². The van der Waals surface area contributed by atoms with Crippen LogP contribution in [0.4, 0.5) is 5.82 Å². The normalized spacial score (nSPS) is 12.0. The van der Waals surface area contributed by atoms with E-state index in [0.29, 0.717) is 37.4 Å². The Morgan fingerprint density at radius 3 is 2.55 bits per heavy atom. The number of nitrogens with zero attached hydrogens (tertiary/aromatic N) is 5. The van der Waals surface area contributed by atoms with Crippen molar-refractivity contribution in [3.8, 4) is 0 Å². The Morgan fingerprint density at radius 1 is 1.12 bits per heavy atom. The van der Waals surface area contributed by atoms with Gasteiger partial charge in [0.1, 0.15) is 11.6 Å². The largest absolute Gasteiger partial charge is 0.328 e. The zero-order valence-corrected chi connectivity index (χ0v) is 20.7. The van der Waals surface area contributed by atoms with Crippen LogP contribution < -0.4 is 5.32 Å². The van der Waals surface area contributed by atoms with Crippen LogP contribution in [0.2, 0.25) is 0 Å². The number of aromatic nitrogens is 4. The number of anilines is 1. The van der Waals surface area contributed by atoms with Gasteiger partial charge in [-0.25, -0.2) is 18.1 Å². The lowest BCUT2D eigenvalue weighted by molar-refractivity contribution is -0.116. The molecule has 3 rings (SSSR count). The van der Waals surface area contributed by atoms with Gasteiger partial charge in [-0.3, -0.25) is 4.79 Å². The number of carbonyl (C=O) groups is 1. The summed E-state index contributed by atoms with van der Waals surface area (Å²) in [6, 6.07) is 6.87. The van der Waals surface area contributed by atoms with Crippen LogP contribution >= 0.6 is 0 Å². The lowest BCUT2D eigenvalue weighted by Crippen LogP contribution is -2.30. The molecule has 10 heteroatoms. The fourth-order valence-electron chi connectivity index (χ4n) is 3.93. The van der Waals surface area contributed by atoms with Crippen LogP contribution in [0.25, 0.3) is 11.0 Å². The Balaban J connectivity index is 1.77. The molecule has 0 aliphatic heterocycles. The maximum Gasteiger partial charge on any atom is 0.243 e. The Kier molecular flexibility index (Phi) is 8.25. The highest BCUT2D eigenvalue weighted by molar-refractivity contribution is 7.89. The standard InChI is InChI=1S/C23H34N6O3S/c1-5-9-16-29-22(14-15-24-29)26-23(30)13-12-21-25-19-17-18(10-11-20(19)28(21)8-4)33(31,32)27(6-2)7-3/h10-11,14-15,17H,5-9,12-13,16H2,1-4H3,(H,26,30). The smallest absolute Gasteiger partial charge is 0.243 e. The lowest BCUT2D eigenvalue weighted by atomic mass is 10.2. The number of aryl methyl sites for hydroxylation is 3. The minimum absolute atomic E-state index is 0.104. The molecule has 0 radical (unpaired) electrons. The summed E-state index contributed by atoms with van der Waals surface area (Å²) in [7, 11) is -3.56. The maximum atomic E-state index is 12.9. The molecule has 2 heterocycles. The fourth-order valence-corrected chi connectivity index (χ4v) is 5.41. The Hall–Kier alpha value is -2.72. The highest BCUT2D eigenvalue weighted by Gasteiger charge is 2.23. The molecule has 9 nitrogen and oxygen atoms in total. The van der Waals surface area contributed by atoms with E-state index in [1.807, 2.05) is 25.3 Å². The van der Waals surface area contributed by atoms with Crippen molar-refractivity contribution in [2.75, 3.05) is 18.4 Å².